The molecule has 2 aromatic carbocycles. The largest absolute Gasteiger partial charge is 0.508 e. The van der Waals surface area contributed by atoms with Crippen LogP contribution in [0.1, 0.15) is 0 Å². The number of para-hydroxylation sites is 1. The fourth-order valence-corrected chi connectivity index (χ4v) is 3.00. The minimum absolute atomic E-state index is 0.0531. The summed E-state index contributed by atoms with van der Waals surface area (Å²) in [7, 11) is 0. The van der Waals surface area contributed by atoms with Gasteiger partial charge in [0.2, 0.25) is 0 Å². The third-order valence-corrected chi connectivity index (χ3v) is 4.14. The highest BCUT2D eigenvalue weighted by Gasteiger charge is 2.16. The molecule has 26 heavy (non-hydrogen) atoms. The van der Waals surface area contributed by atoms with Gasteiger partial charge in [0.25, 0.3) is 0 Å². The summed E-state index contributed by atoms with van der Waals surface area (Å²) in [4.78, 5) is 4.51. The first-order chi connectivity index (χ1) is 12.7. The van der Waals surface area contributed by atoms with E-state index in [1.165, 1.54) is 18.2 Å². The molecule has 0 aliphatic rings. The van der Waals surface area contributed by atoms with Crippen LogP contribution >= 0.6 is 0 Å². The Balaban J connectivity index is 1.74. The first-order valence-corrected chi connectivity index (χ1v) is 7.87. The van der Waals surface area contributed by atoms with Gasteiger partial charge in [-0.15, -0.1) is 10.2 Å². The molecule has 5 aromatic rings. The SMILES string of the molecule is Oc1cc(O)cc(-c2nnc3c4cnn(-c5ccccc5)c4ncn23)c1. The van der Waals surface area contributed by atoms with E-state index in [1.807, 2.05) is 30.3 Å². The molecule has 3 aromatic heterocycles. The van der Waals surface area contributed by atoms with Crippen LogP contribution in [-0.4, -0.2) is 39.6 Å². The van der Waals surface area contributed by atoms with Crippen LogP contribution in [0.25, 0.3) is 33.8 Å². The van der Waals surface area contributed by atoms with E-state index in [2.05, 4.69) is 20.3 Å². The Kier molecular flexibility index (Phi) is 2.93. The molecule has 3 heterocycles. The lowest BCUT2D eigenvalue weighted by atomic mass is 10.2. The van der Waals surface area contributed by atoms with Gasteiger partial charge in [-0.1, -0.05) is 18.2 Å². The van der Waals surface area contributed by atoms with E-state index >= 15 is 0 Å². The Hall–Kier alpha value is -3.94. The second-order valence-electron chi connectivity index (χ2n) is 5.83. The van der Waals surface area contributed by atoms with Crippen LogP contribution in [-0.2, 0) is 0 Å². The number of aromatic nitrogens is 6. The van der Waals surface area contributed by atoms with Crippen LogP contribution in [0.15, 0.2) is 61.1 Å². The van der Waals surface area contributed by atoms with Gasteiger partial charge in [0.15, 0.2) is 17.1 Å². The summed E-state index contributed by atoms with van der Waals surface area (Å²) in [6, 6.07) is 14.0. The van der Waals surface area contributed by atoms with E-state index in [1.54, 1.807) is 21.6 Å². The van der Waals surface area contributed by atoms with Gasteiger partial charge >= 0.3 is 0 Å². The van der Waals surface area contributed by atoms with Gasteiger partial charge in [0.05, 0.1) is 17.3 Å². The van der Waals surface area contributed by atoms with Crippen LogP contribution in [0.3, 0.4) is 0 Å². The van der Waals surface area contributed by atoms with Crippen molar-refractivity contribution in [2.75, 3.05) is 0 Å². The van der Waals surface area contributed by atoms with Gasteiger partial charge in [-0.3, -0.25) is 4.40 Å². The lowest BCUT2D eigenvalue weighted by Gasteiger charge is -2.04. The Labute approximate surface area is 146 Å². The fourth-order valence-electron chi connectivity index (χ4n) is 3.00. The maximum atomic E-state index is 9.72. The number of nitrogens with zero attached hydrogens (tertiary/aromatic N) is 6. The lowest BCUT2D eigenvalue weighted by molar-refractivity contribution is 0.451. The van der Waals surface area contributed by atoms with Crippen molar-refractivity contribution < 1.29 is 10.2 Å². The summed E-state index contributed by atoms with van der Waals surface area (Å²) in [5.74, 6) is 0.360. The molecule has 0 aliphatic carbocycles. The summed E-state index contributed by atoms with van der Waals surface area (Å²) in [6.07, 6.45) is 3.30. The third kappa shape index (κ3) is 2.09. The standard InChI is InChI=1S/C18H12N6O2/c25-13-6-11(7-14(26)8-13)16-21-22-18-15-9-20-24(12-4-2-1-3-5-12)17(15)19-10-23(16)18/h1-10,25-26H. The molecule has 0 saturated heterocycles. The Morgan fingerprint density at radius 3 is 2.38 bits per heavy atom. The van der Waals surface area contributed by atoms with Crippen LogP contribution in [0, 0.1) is 0 Å². The van der Waals surface area contributed by atoms with Crippen molar-refractivity contribution in [3.8, 4) is 28.6 Å². The second kappa shape index (κ2) is 5.28. The van der Waals surface area contributed by atoms with Gasteiger partial charge in [-0.2, -0.15) is 5.10 Å². The topological polar surface area (TPSA) is 101 Å². The zero-order valence-corrected chi connectivity index (χ0v) is 13.4. The Morgan fingerprint density at radius 1 is 0.846 bits per heavy atom. The molecular weight excluding hydrogens is 332 g/mol. The third-order valence-electron chi connectivity index (χ3n) is 4.14. The van der Waals surface area contributed by atoms with E-state index in [-0.39, 0.29) is 11.5 Å². The number of fused-ring (bicyclic) bond motifs is 3. The molecule has 126 valence electrons. The highest BCUT2D eigenvalue weighted by atomic mass is 16.3. The Bertz CT molecular complexity index is 1240. The molecule has 0 amide bonds. The van der Waals surface area contributed by atoms with Crippen molar-refractivity contribution in [1.82, 2.24) is 29.4 Å². The number of hydrogen-bond acceptors (Lipinski definition) is 6. The maximum absolute atomic E-state index is 9.72. The van der Waals surface area contributed by atoms with Gasteiger partial charge in [-0.05, 0) is 24.3 Å². The number of aromatic hydroxyl groups is 2. The summed E-state index contributed by atoms with van der Waals surface area (Å²) in [5, 5.41) is 33.0. The number of hydrogen-bond donors (Lipinski definition) is 2. The summed E-state index contributed by atoms with van der Waals surface area (Å²) >= 11 is 0. The van der Waals surface area contributed by atoms with Crippen LogP contribution in [0.5, 0.6) is 11.5 Å². The minimum Gasteiger partial charge on any atom is -0.508 e. The fraction of sp³-hybridized carbons (Fsp3) is 0. The first-order valence-electron chi connectivity index (χ1n) is 7.87. The quantitative estimate of drug-likeness (QED) is 0.510. The van der Waals surface area contributed by atoms with Crippen LogP contribution in [0.4, 0.5) is 0 Å². The van der Waals surface area contributed by atoms with E-state index in [0.717, 1.165) is 11.1 Å². The maximum Gasteiger partial charge on any atom is 0.175 e. The molecule has 0 unspecified atom stereocenters. The van der Waals surface area contributed by atoms with Gasteiger partial charge < -0.3 is 10.2 Å². The number of phenolic OH excluding ortho intramolecular Hbond substituents is 2. The number of benzene rings is 2. The Morgan fingerprint density at radius 2 is 1.62 bits per heavy atom. The second-order valence-corrected chi connectivity index (χ2v) is 5.83. The van der Waals surface area contributed by atoms with Gasteiger partial charge in [0.1, 0.15) is 17.8 Å². The molecule has 8 heteroatoms. The van der Waals surface area contributed by atoms with E-state index in [9.17, 15) is 10.2 Å². The number of phenols is 2. The van der Waals surface area contributed by atoms with Crippen molar-refractivity contribution in [1.29, 1.82) is 0 Å². The summed E-state index contributed by atoms with van der Waals surface area (Å²) in [5.41, 5.74) is 2.69. The predicted octanol–water partition coefficient (Wildman–Crippen LogP) is 2.54. The molecule has 0 fully saturated rings. The normalized spacial score (nSPS) is 11.4. The van der Waals surface area contributed by atoms with Crippen molar-refractivity contribution in [2.24, 2.45) is 0 Å². The van der Waals surface area contributed by atoms with Crippen LogP contribution < -0.4 is 0 Å². The number of rotatable bonds is 2. The molecule has 5 rings (SSSR count). The summed E-state index contributed by atoms with van der Waals surface area (Å²) in [6.45, 7) is 0. The zero-order valence-electron chi connectivity index (χ0n) is 13.4. The minimum atomic E-state index is -0.0531. The van der Waals surface area contributed by atoms with Crippen molar-refractivity contribution in [2.45, 2.75) is 0 Å². The molecule has 0 spiro atoms. The van der Waals surface area contributed by atoms with Crippen molar-refractivity contribution in [3.05, 3.63) is 61.1 Å². The lowest BCUT2D eigenvalue weighted by Crippen LogP contribution is -1.98. The van der Waals surface area contributed by atoms with Crippen LogP contribution in [0.2, 0.25) is 0 Å². The molecular formula is C18H12N6O2. The van der Waals surface area contributed by atoms with Gasteiger partial charge in [0, 0.05) is 11.6 Å². The molecule has 0 aliphatic heterocycles. The molecule has 8 nitrogen and oxygen atoms in total. The van der Waals surface area contributed by atoms with Gasteiger partial charge in [-0.25, -0.2) is 9.67 Å². The van der Waals surface area contributed by atoms with E-state index < -0.39 is 0 Å². The average Bonchev–Trinajstić information content (AvgIpc) is 3.25. The highest BCUT2D eigenvalue weighted by molar-refractivity contribution is 5.90. The molecule has 0 radical (unpaired) electrons. The van der Waals surface area contributed by atoms with E-state index in [0.29, 0.717) is 22.7 Å². The molecule has 2 N–H and O–H groups in total. The predicted molar refractivity (Wildman–Crippen MR) is 94.2 cm³/mol. The van der Waals surface area contributed by atoms with Crippen molar-refractivity contribution >= 4 is 16.7 Å². The summed E-state index contributed by atoms with van der Waals surface area (Å²) < 4.78 is 3.44. The smallest absolute Gasteiger partial charge is 0.175 e. The zero-order chi connectivity index (χ0) is 17.7. The highest BCUT2D eigenvalue weighted by Crippen LogP contribution is 2.29. The monoisotopic (exact) mass is 344 g/mol. The van der Waals surface area contributed by atoms with E-state index in [4.69, 9.17) is 0 Å². The molecule has 0 saturated carbocycles. The van der Waals surface area contributed by atoms with Crippen molar-refractivity contribution in [3.63, 3.8) is 0 Å². The average molecular weight is 344 g/mol. The molecule has 0 bridgehead atoms. The first kappa shape index (κ1) is 14.4. The molecule has 0 atom stereocenters.